The Kier molecular flexibility index (Phi) is 66.3. The average Bonchev–Trinajstić information content (AvgIpc) is 3.49. The van der Waals surface area contributed by atoms with E-state index in [0.717, 1.165) is 122 Å². The number of ether oxygens (including phenoxy) is 3. The molecule has 0 N–H and O–H groups in total. The lowest BCUT2D eigenvalue weighted by Gasteiger charge is -2.18. The van der Waals surface area contributed by atoms with Crippen LogP contribution in [0.5, 0.6) is 0 Å². The Hall–Kier alpha value is -4.45. The molecule has 0 bridgehead atoms. The predicted molar refractivity (Wildman–Crippen MR) is 362 cm³/mol. The lowest BCUT2D eigenvalue weighted by Crippen LogP contribution is -2.30. The van der Waals surface area contributed by atoms with Crippen LogP contribution in [0.1, 0.15) is 316 Å². The summed E-state index contributed by atoms with van der Waals surface area (Å²) < 4.78 is 16.9. The van der Waals surface area contributed by atoms with Gasteiger partial charge in [-0.15, -0.1) is 0 Å². The molecule has 1 atom stereocenters. The molecule has 6 nitrogen and oxygen atoms in total. The molecule has 0 aromatic rings. The normalized spacial score (nSPS) is 13.0. The van der Waals surface area contributed by atoms with Crippen LogP contribution in [-0.2, 0) is 28.6 Å². The number of carbonyl (C=O) groups excluding carboxylic acids is 3. The third-order valence-corrected chi connectivity index (χ3v) is 14.6. The van der Waals surface area contributed by atoms with E-state index in [1.54, 1.807) is 0 Å². The zero-order chi connectivity index (χ0) is 59.9. The molecule has 0 fully saturated rings. The molecule has 0 rings (SSSR count). The van der Waals surface area contributed by atoms with E-state index in [2.05, 4.69) is 154 Å². The topological polar surface area (TPSA) is 78.9 Å². The largest absolute Gasteiger partial charge is 0.462 e. The van der Waals surface area contributed by atoms with Gasteiger partial charge in [-0.1, -0.05) is 289 Å². The average molecular weight is 1150 g/mol. The minimum atomic E-state index is -0.806. The number of allylic oxidation sites excluding steroid dienone is 22. The maximum Gasteiger partial charge on any atom is 0.306 e. The first kappa shape index (κ1) is 78.5. The second-order valence-electron chi connectivity index (χ2n) is 22.7. The fourth-order valence-corrected chi connectivity index (χ4v) is 9.43. The Labute approximate surface area is 513 Å². The van der Waals surface area contributed by atoms with Crippen LogP contribution in [0.3, 0.4) is 0 Å². The van der Waals surface area contributed by atoms with Crippen LogP contribution in [0.2, 0.25) is 0 Å². The van der Waals surface area contributed by atoms with Crippen molar-refractivity contribution in [3.05, 3.63) is 134 Å². The van der Waals surface area contributed by atoms with Crippen LogP contribution in [0, 0.1) is 0 Å². The second-order valence-corrected chi connectivity index (χ2v) is 22.7. The van der Waals surface area contributed by atoms with Crippen molar-refractivity contribution in [2.75, 3.05) is 13.2 Å². The van der Waals surface area contributed by atoms with Gasteiger partial charge < -0.3 is 14.2 Å². The number of carbonyl (C=O) groups is 3. The van der Waals surface area contributed by atoms with E-state index in [9.17, 15) is 14.4 Å². The molecule has 1 unspecified atom stereocenters. The molecule has 0 spiro atoms. The van der Waals surface area contributed by atoms with Gasteiger partial charge in [0.25, 0.3) is 0 Å². The summed E-state index contributed by atoms with van der Waals surface area (Å²) in [6.45, 7) is 6.48. The van der Waals surface area contributed by atoms with Gasteiger partial charge in [-0.25, -0.2) is 0 Å². The van der Waals surface area contributed by atoms with E-state index in [0.29, 0.717) is 25.7 Å². The van der Waals surface area contributed by atoms with Crippen molar-refractivity contribution >= 4 is 17.9 Å². The zero-order valence-corrected chi connectivity index (χ0v) is 54.2. The van der Waals surface area contributed by atoms with Gasteiger partial charge in [-0.3, -0.25) is 14.4 Å². The quantitative estimate of drug-likeness (QED) is 0.0261. The highest BCUT2D eigenvalue weighted by atomic mass is 16.6. The highest BCUT2D eigenvalue weighted by Crippen LogP contribution is 2.16. The van der Waals surface area contributed by atoms with Crippen molar-refractivity contribution in [2.45, 2.75) is 322 Å². The summed E-state index contributed by atoms with van der Waals surface area (Å²) in [6.07, 6.45) is 99.0. The molecule has 0 aromatic heterocycles. The van der Waals surface area contributed by atoms with E-state index in [4.69, 9.17) is 14.2 Å². The lowest BCUT2D eigenvalue weighted by atomic mass is 10.0. The lowest BCUT2D eigenvalue weighted by molar-refractivity contribution is -0.167. The van der Waals surface area contributed by atoms with Gasteiger partial charge in [0.2, 0.25) is 0 Å². The van der Waals surface area contributed by atoms with Crippen LogP contribution in [0.4, 0.5) is 0 Å². The third-order valence-electron chi connectivity index (χ3n) is 14.6. The maximum absolute atomic E-state index is 13.0. The predicted octanol–water partition coefficient (Wildman–Crippen LogP) is 24.1. The molecule has 0 saturated heterocycles. The summed E-state index contributed by atoms with van der Waals surface area (Å²) in [5.41, 5.74) is 0. The highest BCUT2D eigenvalue weighted by molar-refractivity contribution is 5.71. The molecule has 472 valence electrons. The summed E-state index contributed by atoms with van der Waals surface area (Å²) in [7, 11) is 0. The van der Waals surface area contributed by atoms with E-state index >= 15 is 0 Å². The molecule has 0 amide bonds. The van der Waals surface area contributed by atoms with Gasteiger partial charge in [-0.05, 0) is 141 Å². The van der Waals surface area contributed by atoms with Crippen LogP contribution in [0.25, 0.3) is 0 Å². The number of unbranched alkanes of at least 4 members (excludes halogenated alkanes) is 29. The van der Waals surface area contributed by atoms with E-state index < -0.39 is 6.10 Å². The number of esters is 3. The first-order chi connectivity index (χ1) is 41.0. The van der Waals surface area contributed by atoms with Crippen LogP contribution < -0.4 is 0 Å². The maximum atomic E-state index is 13.0. The van der Waals surface area contributed by atoms with Gasteiger partial charge in [0.1, 0.15) is 13.2 Å². The minimum Gasteiger partial charge on any atom is -0.462 e. The first-order valence-electron chi connectivity index (χ1n) is 34.7. The molecule has 0 aliphatic rings. The van der Waals surface area contributed by atoms with Crippen molar-refractivity contribution in [1.82, 2.24) is 0 Å². The molecule has 83 heavy (non-hydrogen) atoms. The van der Waals surface area contributed by atoms with E-state index in [1.807, 2.05) is 0 Å². The van der Waals surface area contributed by atoms with E-state index in [1.165, 1.54) is 148 Å². The number of hydrogen-bond acceptors (Lipinski definition) is 6. The zero-order valence-electron chi connectivity index (χ0n) is 54.2. The Morgan fingerprint density at radius 2 is 0.470 bits per heavy atom. The Morgan fingerprint density at radius 1 is 0.253 bits per heavy atom. The van der Waals surface area contributed by atoms with Gasteiger partial charge in [0.15, 0.2) is 6.10 Å². The van der Waals surface area contributed by atoms with Crippen molar-refractivity contribution < 1.29 is 28.6 Å². The van der Waals surface area contributed by atoms with Gasteiger partial charge in [0.05, 0.1) is 0 Å². The van der Waals surface area contributed by atoms with Crippen LogP contribution in [-0.4, -0.2) is 37.2 Å². The molecular formula is C77H128O6. The SMILES string of the molecule is CC/C=C\C/C=C\C/C=C\C/C=C\C/C=C\C/C=C\C/C=C\C/C=C\CCCCC(=O)OCC(COC(=O)CCCCCCC/C=C\CCCCCC)OC(=O)CCCCCCCCCCCCCCC/C=C\C/C=C\CCCCCCC. The number of hydrogen-bond donors (Lipinski definition) is 0. The monoisotopic (exact) mass is 1150 g/mol. The second kappa shape index (κ2) is 70.0. The summed E-state index contributed by atoms with van der Waals surface area (Å²) in [5, 5.41) is 0. The summed E-state index contributed by atoms with van der Waals surface area (Å²) in [4.78, 5) is 38.4. The molecular weight excluding hydrogens is 1020 g/mol. The van der Waals surface area contributed by atoms with Gasteiger partial charge >= 0.3 is 17.9 Å². The molecule has 0 aliphatic carbocycles. The first-order valence-corrected chi connectivity index (χ1v) is 34.7. The van der Waals surface area contributed by atoms with Gasteiger partial charge in [0, 0.05) is 19.3 Å². The van der Waals surface area contributed by atoms with Gasteiger partial charge in [-0.2, -0.15) is 0 Å². The van der Waals surface area contributed by atoms with E-state index in [-0.39, 0.29) is 31.1 Å². The minimum absolute atomic E-state index is 0.0987. The molecule has 6 heteroatoms. The fraction of sp³-hybridized carbons (Fsp3) is 0.675. The number of rotatable bonds is 62. The summed E-state index contributed by atoms with van der Waals surface area (Å²) >= 11 is 0. The van der Waals surface area contributed by atoms with Crippen molar-refractivity contribution in [2.24, 2.45) is 0 Å². The third kappa shape index (κ3) is 68.2. The Bertz CT molecular complexity index is 1750. The molecule has 0 aliphatic heterocycles. The summed E-state index contributed by atoms with van der Waals surface area (Å²) in [6, 6.07) is 0. The smallest absolute Gasteiger partial charge is 0.306 e. The standard InChI is InChI=1S/C77H128O6/c1-4-7-10-13-16-19-22-25-27-29-31-33-35-37-38-40-41-43-45-47-49-52-55-58-61-64-67-70-76(79)82-73-74(72-81-75(78)69-66-63-60-57-54-51-24-21-18-15-12-9-6-3)83-77(80)71-68-65-62-59-56-53-50-48-46-44-42-39-36-34-32-30-28-26-23-20-17-14-11-8-5-2/h7,10,16,19,21,23-27,30-33,37-38,41,43,47,49,55,58,74H,4-6,8-9,11-15,17-18,20,22,28-29,34-36,39-40,42,44-46,48,50-54,56-57,59-73H2,1-3H3/b10-7-,19-16-,24-21-,26-23-,27-25-,32-30-,33-31-,38-37-,43-41-,49-47-,58-55-. The Balaban J connectivity index is 4.40. The van der Waals surface area contributed by atoms with Crippen molar-refractivity contribution in [1.29, 1.82) is 0 Å². The summed E-state index contributed by atoms with van der Waals surface area (Å²) in [5.74, 6) is -0.947. The highest BCUT2D eigenvalue weighted by Gasteiger charge is 2.19. The molecule has 0 radical (unpaired) electrons. The molecule has 0 heterocycles. The van der Waals surface area contributed by atoms with Crippen LogP contribution in [0.15, 0.2) is 134 Å². The molecule has 0 aromatic carbocycles. The van der Waals surface area contributed by atoms with Crippen molar-refractivity contribution in [3.8, 4) is 0 Å². The fourth-order valence-electron chi connectivity index (χ4n) is 9.43. The Morgan fingerprint density at radius 3 is 0.783 bits per heavy atom. The van der Waals surface area contributed by atoms with Crippen LogP contribution >= 0.6 is 0 Å². The molecule has 0 saturated carbocycles. The van der Waals surface area contributed by atoms with Crippen molar-refractivity contribution in [3.63, 3.8) is 0 Å².